The van der Waals surface area contributed by atoms with Gasteiger partial charge in [0.2, 0.25) is 6.79 Å². The molecule has 2 rings (SSSR count). The first-order valence-corrected chi connectivity index (χ1v) is 5.13. The van der Waals surface area contributed by atoms with Crippen LogP contribution in [0.1, 0.15) is 12.0 Å². The fourth-order valence-corrected chi connectivity index (χ4v) is 1.71. The van der Waals surface area contributed by atoms with Crippen LogP contribution in [0.5, 0.6) is 17.2 Å². The third kappa shape index (κ3) is 1.78. The summed E-state index contributed by atoms with van der Waals surface area (Å²) in [5, 5.41) is 0. The highest BCUT2D eigenvalue weighted by atomic mass is 19.1. The molecule has 1 aromatic rings. The molecular formula is C11H14FNO3. The van der Waals surface area contributed by atoms with Gasteiger partial charge >= 0.3 is 0 Å². The summed E-state index contributed by atoms with van der Waals surface area (Å²) in [4.78, 5) is 0. The standard InChI is InChI=1S/C11H14FNO3/c1-14-8-5-9-11(16-6-15-9)7(10(8)12)3-2-4-13/h5H,2-4,6,13H2,1H3. The Hall–Kier alpha value is -1.49. The second kappa shape index (κ2) is 4.57. The predicted octanol–water partition coefficient (Wildman–Crippen LogP) is 1.45. The van der Waals surface area contributed by atoms with Crippen molar-refractivity contribution in [3.05, 3.63) is 17.4 Å². The van der Waals surface area contributed by atoms with Gasteiger partial charge in [-0.1, -0.05) is 0 Å². The predicted molar refractivity (Wildman–Crippen MR) is 56.5 cm³/mol. The van der Waals surface area contributed by atoms with E-state index >= 15 is 0 Å². The van der Waals surface area contributed by atoms with Crippen LogP contribution in [0.4, 0.5) is 4.39 Å². The average molecular weight is 227 g/mol. The second-order valence-electron chi connectivity index (χ2n) is 3.50. The maximum atomic E-state index is 14.0. The van der Waals surface area contributed by atoms with Crippen LogP contribution < -0.4 is 19.9 Å². The molecule has 0 saturated heterocycles. The van der Waals surface area contributed by atoms with Crippen LogP contribution in [0.15, 0.2) is 6.07 Å². The van der Waals surface area contributed by atoms with Gasteiger partial charge in [-0.15, -0.1) is 0 Å². The van der Waals surface area contributed by atoms with E-state index in [1.807, 2.05) is 0 Å². The van der Waals surface area contributed by atoms with Crippen molar-refractivity contribution < 1.29 is 18.6 Å². The van der Waals surface area contributed by atoms with E-state index in [-0.39, 0.29) is 18.4 Å². The first kappa shape index (κ1) is 11.0. The summed E-state index contributed by atoms with van der Waals surface area (Å²) >= 11 is 0. The molecule has 5 heteroatoms. The summed E-state index contributed by atoms with van der Waals surface area (Å²) in [5.41, 5.74) is 5.90. The third-order valence-electron chi connectivity index (χ3n) is 2.51. The molecule has 0 radical (unpaired) electrons. The van der Waals surface area contributed by atoms with Gasteiger partial charge in [-0.3, -0.25) is 0 Å². The van der Waals surface area contributed by atoms with Gasteiger partial charge in [-0.2, -0.15) is 0 Å². The minimum atomic E-state index is -0.389. The minimum absolute atomic E-state index is 0.123. The molecule has 1 aliphatic rings. The van der Waals surface area contributed by atoms with E-state index in [0.29, 0.717) is 36.4 Å². The van der Waals surface area contributed by atoms with Crippen molar-refractivity contribution in [2.75, 3.05) is 20.4 Å². The molecule has 1 heterocycles. The molecule has 0 fully saturated rings. The zero-order valence-electron chi connectivity index (χ0n) is 9.09. The average Bonchev–Trinajstić information content (AvgIpc) is 2.75. The number of ether oxygens (including phenoxy) is 3. The van der Waals surface area contributed by atoms with Crippen molar-refractivity contribution in [3.63, 3.8) is 0 Å². The quantitative estimate of drug-likeness (QED) is 0.846. The molecule has 0 amide bonds. The fourth-order valence-electron chi connectivity index (χ4n) is 1.71. The van der Waals surface area contributed by atoms with E-state index in [1.165, 1.54) is 13.2 Å². The Kier molecular flexibility index (Phi) is 3.14. The molecule has 1 aromatic carbocycles. The number of halogens is 1. The normalized spacial score (nSPS) is 12.9. The van der Waals surface area contributed by atoms with Crippen molar-refractivity contribution in [1.82, 2.24) is 0 Å². The molecule has 1 aliphatic heterocycles. The number of benzene rings is 1. The minimum Gasteiger partial charge on any atom is -0.494 e. The molecule has 0 aliphatic carbocycles. The number of hydrogen-bond acceptors (Lipinski definition) is 4. The number of methoxy groups -OCH3 is 1. The van der Waals surface area contributed by atoms with Gasteiger partial charge < -0.3 is 19.9 Å². The molecule has 0 aromatic heterocycles. The maximum absolute atomic E-state index is 14.0. The van der Waals surface area contributed by atoms with Crippen molar-refractivity contribution in [2.24, 2.45) is 5.73 Å². The Morgan fingerprint density at radius 1 is 1.50 bits per heavy atom. The van der Waals surface area contributed by atoms with Gasteiger partial charge in [0, 0.05) is 11.6 Å². The summed E-state index contributed by atoms with van der Waals surface area (Å²) in [6, 6.07) is 1.50. The lowest BCUT2D eigenvalue weighted by molar-refractivity contribution is 0.173. The van der Waals surface area contributed by atoms with Crippen LogP contribution in [0, 0.1) is 5.82 Å². The summed E-state index contributed by atoms with van der Waals surface area (Å²) in [7, 11) is 1.42. The Morgan fingerprint density at radius 2 is 2.31 bits per heavy atom. The van der Waals surface area contributed by atoms with Crippen molar-refractivity contribution >= 4 is 0 Å². The monoisotopic (exact) mass is 227 g/mol. The molecule has 0 bridgehead atoms. The fraction of sp³-hybridized carbons (Fsp3) is 0.455. The Morgan fingerprint density at radius 3 is 3.00 bits per heavy atom. The van der Waals surface area contributed by atoms with Gasteiger partial charge in [-0.05, 0) is 19.4 Å². The molecular weight excluding hydrogens is 213 g/mol. The Labute approximate surface area is 93.1 Å². The zero-order chi connectivity index (χ0) is 11.5. The number of fused-ring (bicyclic) bond motifs is 1. The van der Waals surface area contributed by atoms with Crippen LogP contribution in [0.3, 0.4) is 0 Å². The summed E-state index contributed by atoms with van der Waals surface area (Å²) in [5.74, 6) is 0.800. The smallest absolute Gasteiger partial charge is 0.231 e. The van der Waals surface area contributed by atoms with Gasteiger partial charge in [0.05, 0.1) is 7.11 Å². The topological polar surface area (TPSA) is 53.7 Å². The first-order valence-electron chi connectivity index (χ1n) is 5.13. The van der Waals surface area contributed by atoms with Crippen LogP contribution >= 0.6 is 0 Å². The molecule has 0 saturated carbocycles. The van der Waals surface area contributed by atoms with E-state index in [4.69, 9.17) is 19.9 Å². The lowest BCUT2D eigenvalue weighted by Gasteiger charge is -2.10. The SMILES string of the molecule is COc1cc2c(c(CCCN)c1F)OCO2. The van der Waals surface area contributed by atoms with E-state index in [0.717, 1.165) is 0 Å². The summed E-state index contributed by atoms with van der Waals surface area (Å²) in [6.07, 6.45) is 1.21. The van der Waals surface area contributed by atoms with Crippen LogP contribution in [0.25, 0.3) is 0 Å². The highest BCUT2D eigenvalue weighted by Crippen LogP contribution is 2.42. The van der Waals surface area contributed by atoms with Crippen LogP contribution in [-0.4, -0.2) is 20.4 Å². The van der Waals surface area contributed by atoms with E-state index < -0.39 is 0 Å². The highest BCUT2D eigenvalue weighted by Gasteiger charge is 2.24. The van der Waals surface area contributed by atoms with E-state index in [9.17, 15) is 4.39 Å². The molecule has 16 heavy (non-hydrogen) atoms. The van der Waals surface area contributed by atoms with Crippen molar-refractivity contribution in [2.45, 2.75) is 12.8 Å². The van der Waals surface area contributed by atoms with Gasteiger partial charge in [0.25, 0.3) is 0 Å². The number of rotatable bonds is 4. The van der Waals surface area contributed by atoms with Crippen molar-refractivity contribution in [1.29, 1.82) is 0 Å². The molecule has 0 unspecified atom stereocenters. The van der Waals surface area contributed by atoms with Gasteiger partial charge in [0.15, 0.2) is 23.1 Å². The molecule has 2 N–H and O–H groups in total. The number of nitrogens with two attached hydrogens (primary N) is 1. The van der Waals surface area contributed by atoms with Crippen LogP contribution in [-0.2, 0) is 6.42 Å². The Bertz CT molecular complexity index is 395. The Balaban J connectivity index is 2.42. The molecule has 0 spiro atoms. The summed E-state index contributed by atoms with van der Waals surface area (Å²) < 4.78 is 29.4. The van der Waals surface area contributed by atoms with Crippen LogP contribution in [0.2, 0.25) is 0 Å². The second-order valence-corrected chi connectivity index (χ2v) is 3.50. The third-order valence-corrected chi connectivity index (χ3v) is 2.51. The van der Waals surface area contributed by atoms with E-state index in [2.05, 4.69) is 0 Å². The van der Waals surface area contributed by atoms with Gasteiger partial charge in [0.1, 0.15) is 0 Å². The lowest BCUT2D eigenvalue weighted by Crippen LogP contribution is -2.04. The number of hydrogen-bond donors (Lipinski definition) is 1. The van der Waals surface area contributed by atoms with E-state index in [1.54, 1.807) is 0 Å². The highest BCUT2D eigenvalue weighted by molar-refractivity contribution is 5.54. The largest absolute Gasteiger partial charge is 0.494 e. The molecule has 4 nitrogen and oxygen atoms in total. The molecule has 0 atom stereocenters. The zero-order valence-corrected chi connectivity index (χ0v) is 9.09. The maximum Gasteiger partial charge on any atom is 0.231 e. The lowest BCUT2D eigenvalue weighted by atomic mass is 10.1. The van der Waals surface area contributed by atoms with Gasteiger partial charge in [-0.25, -0.2) is 4.39 Å². The van der Waals surface area contributed by atoms with Crippen molar-refractivity contribution in [3.8, 4) is 17.2 Å². The molecule has 88 valence electrons. The summed E-state index contributed by atoms with van der Waals surface area (Å²) in [6.45, 7) is 0.629. The first-order chi connectivity index (χ1) is 7.77.